The molecule has 0 bridgehead atoms. The van der Waals surface area contributed by atoms with E-state index in [9.17, 15) is 34.2 Å². The number of nitrogens with zero attached hydrogens (tertiary/aromatic N) is 2. The number of likely N-dealkylation sites (tertiary alicyclic amines) is 1. The standard InChI is InChI=1S/C29H47N9O8/c30-10-2-1-5-20(27(44)36-19(6-3-11-35-29(32)33)26(43)34-12-14-46-17-24(31)41)37-28(45)21-7-4-13-38(21)25(42)16-18-8-9-22(39)23(40)15-18/h8-9,15,19-21,39-40H,1-7,10-14,16-17,30H2,(H2,31,41)(H,34,43)(H,36,44)(H,37,45)(H4,32,33,35)/t19-,20-,21-/m0/s1. The van der Waals surface area contributed by atoms with Gasteiger partial charge in [0.2, 0.25) is 29.5 Å². The van der Waals surface area contributed by atoms with Crippen molar-refractivity contribution in [1.82, 2.24) is 20.9 Å². The van der Waals surface area contributed by atoms with Crippen molar-refractivity contribution in [3.05, 3.63) is 23.8 Å². The number of nitrogens with one attached hydrogen (secondary N) is 3. The number of hydrogen-bond acceptors (Lipinski definition) is 10. The number of benzene rings is 1. The van der Waals surface area contributed by atoms with Crippen LogP contribution in [-0.4, -0.2) is 108 Å². The van der Waals surface area contributed by atoms with Gasteiger partial charge in [-0.1, -0.05) is 6.07 Å². The molecule has 0 unspecified atom stereocenters. The molecule has 0 radical (unpaired) electrons. The van der Waals surface area contributed by atoms with Crippen molar-refractivity contribution < 1.29 is 38.9 Å². The number of carbonyl (C=O) groups excluding carboxylic acids is 5. The second kappa shape index (κ2) is 19.7. The highest BCUT2D eigenvalue weighted by atomic mass is 16.5. The molecule has 13 N–H and O–H groups in total. The SMILES string of the molecule is NCCCC[C@H](NC(=O)[C@@H]1CCCN1C(=O)Cc1ccc(O)c(O)c1)C(=O)N[C@@H](CCCN=C(N)N)C(=O)NCCOCC(N)=O. The second-order valence-corrected chi connectivity index (χ2v) is 10.9. The zero-order chi connectivity index (χ0) is 34.1. The van der Waals surface area contributed by atoms with E-state index in [0.29, 0.717) is 50.8 Å². The van der Waals surface area contributed by atoms with Crippen molar-refractivity contribution in [3.63, 3.8) is 0 Å². The highest BCUT2D eigenvalue weighted by Crippen LogP contribution is 2.26. The van der Waals surface area contributed by atoms with Crippen LogP contribution in [0, 0.1) is 0 Å². The third-order valence-electron chi connectivity index (χ3n) is 7.22. The Morgan fingerprint density at radius 2 is 1.70 bits per heavy atom. The second-order valence-electron chi connectivity index (χ2n) is 10.9. The van der Waals surface area contributed by atoms with Gasteiger partial charge in [0.15, 0.2) is 17.5 Å². The van der Waals surface area contributed by atoms with Crippen molar-refractivity contribution >= 4 is 35.5 Å². The fourth-order valence-electron chi connectivity index (χ4n) is 4.91. The molecule has 1 aromatic carbocycles. The van der Waals surface area contributed by atoms with Crippen LogP contribution in [0.25, 0.3) is 0 Å². The molecule has 46 heavy (non-hydrogen) atoms. The summed E-state index contributed by atoms with van der Waals surface area (Å²) in [6.07, 6.45) is 2.77. The first-order valence-corrected chi connectivity index (χ1v) is 15.2. The van der Waals surface area contributed by atoms with Gasteiger partial charge in [-0.25, -0.2) is 0 Å². The summed E-state index contributed by atoms with van der Waals surface area (Å²) in [6.45, 7) is 0.711. The van der Waals surface area contributed by atoms with Crippen molar-refractivity contribution in [2.75, 3.05) is 39.4 Å². The number of guanidine groups is 1. The minimum absolute atomic E-state index is 0.0195. The Morgan fingerprint density at radius 1 is 0.978 bits per heavy atom. The lowest BCUT2D eigenvalue weighted by atomic mass is 10.0. The van der Waals surface area contributed by atoms with Crippen LogP contribution in [0.4, 0.5) is 0 Å². The summed E-state index contributed by atoms with van der Waals surface area (Å²) >= 11 is 0. The molecule has 256 valence electrons. The van der Waals surface area contributed by atoms with Crippen LogP contribution in [0.2, 0.25) is 0 Å². The van der Waals surface area contributed by atoms with E-state index in [1.54, 1.807) is 0 Å². The predicted octanol–water partition coefficient (Wildman–Crippen LogP) is -2.60. The topological polar surface area (TPSA) is 291 Å². The zero-order valence-corrected chi connectivity index (χ0v) is 25.9. The monoisotopic (exact) mass is 649 g/mol. The van der Waals surface area contributed by atoms with Gasteiger partial charge >= 0.3 is 0 Å². The lowest BCUT2D eigenvalue weighted by molar-refractivity contribution is -0.139. The number of aromatic hydroxyl groups is 2. The van der Waals surface area contributed by atoms with Gasteiger partial charge in [-0.15, -0.1) is 0 Å². The molecule has 1 aliphatic heterocycles. The molecule has 1 heterocycles. The molecule has 1 saturated heterocycles. The average Bonchev–Trinajstić information content (AvgIpc) is 3.50. The Hall–Kier alpha value is -4.64. The number of unbranched alkanes of at least 4 members (excludes halogenated alkanes) is 1. The normalized spacial score (nSPS) is 15.4. The minimum atomic E-state index is -1.02. The molecule has 0 aliphatic carbocycles. The van der Waals surface area contributed by atoms with E-state index in [4.69, 9.17) is 27.7 Å². The van der Waals surface area contributed by atoms with Crippen molar-refractivity contribution in [1.29, 1.82) is 0 Å². The Morgan fingerprint density at radius 3 is 2.37 bits per heavy atom. The van der Waals surface area contributed by atoms with E-state index in [0.717, 1.165) is 0 Å². The van der Waals surface area contributed by atoms with Gasteiger partial charge in [-0.2, -0.15) is 0 Å². The number of amides is 5. The molecular formula is C29H47N9O8. The number of nitrogens with two attached hydrogens (primary N) is 4. The molecule has 17 nitrogen and oxygen atoms in total. The Balaban J connectivity index is 2.11. The summed E-state index contributed by atoms with van der Waals surface area (Å²) in [7, 11) is 0. The molecule has 0 aromatic heterocycles. The molecule has 17 heteroatoms. The lowest BCUT2D eigenvalue weighted by Gasteiger charge is -2.27. The van der Waals surface area contributed by atoms with E-state index in [1.165, 1.54) is 23.1 Å². The highest BCUT2D eigenvalue weighted by molar-refractivity contribution is 5.94. The zero-order valence-electron chi connectivity index (χ0n) is 25.9. The van der Waals surface area contributed by atoms with Crippen LogP contribution in [0.1, 0.15) is 50.5 Å². The molecule has 0 saturated carbocycles. The maximum Gasteiger partial charge on any atom is 0.243 e. The van der Waals surface area contributed by atoms with Crippen molar-refractivity contribution in [3.8, 4) is 11.5 Å². The van der Waals surface area contributed by atoms with Gasteiger partial charge in [0.25, 0.3) is 0 Å². The van der Waals surface area contributed by atoms with E-state index < -0.39 is 41.8 Å². The quantitative estimate of drug-likeness (QED) is 0.0305. The minimum Gasteiger partial charge on any atom is -0.504 e. The van der Waals surface area contributed by atoms with Gasteiger partial charge in [-0.3, -0.25) is 29.0 Å². The number of rotatable bonds is 20. The largest absolute Gasteiger partial charge is 0.504 e. The van der Waals surface area contributed by atoms with Crippen molar-refractivity contribution in [2.24, 2.45) is 27.9 Å². The predicted molar refractivity (Wildman–Crippen MR) is 168 cm³/mol. The number of phenols is 2. The first-order chi connectivity index (χ1) is 21.9. The van der Waals surface area contributed by atoms with Gasteiger partial charge in [-0.05, 0) is 69.2 Å². The van der Waals surface area contributed by atoms with Crippen LogP contribution >= 0.6 is 0 Å². The molecule has 1 fully saturated rings. The smallest absolute Gasteiger partial charge is 0.243 e. The molecule has 3 atom stereocenters. The maximum absolute atomic E-state index is 13.5. The van der Waals surface area contributed by atoms with Crippen LogP contribution in [0.3, 0.4) is 0 Å². The number of primary amides is 1. The van der Waals surface area contributed by atoms with Gasteiger partial charge in [0.05, 0.1) is 13.0 Å². The van der Waals surface area contributed by atoms with E-state index in [-0.39, 0.29) is 68.9 Å². The molecule has 5 amide bonds. The van der Waals surface area contributed by atoms with E-state index >= 15 is 0 Å². The van der Waals surface area contributed by atoms with Crippen LogP contribution in [-0.2, 0) is 35.1 Å². The highest BCUT2D eigenvalue weighted by Gasteiger charge is 2.36. The third kappa shape index (κ3) is 13.2. The summed E-state index contributed by atoms with van der Waals surface area (Å²) in [6, 6.07) is 1.24. The number of hydrogen-bond donors (Lipinski definition) is 9. The maximum atomic E-state index is 13.5. The lowest BCUT2D eigenvalue weighted by Crippen LogP contribution is -2.56. The van der Waals surface area contributed by atoms with E-state index in [2.05, 4.69) is 20.9 Å². The first-order valence-electron chi connectivity index (χ1n) is 15.2. The summed E-state index contributed by atoms with van der Waals surface area (Å²) in [5.41, 5.74) is 21.9. The summed E-state index contributed by atoms with van der Waals surface area (Å²) in [5, 5.41) is 27.4. The average molecular weight is 650 g/mol. The fraction of sp³-hybridized carbons (Fsp3) is 0.586. The van der Waals surface area contributed by atoms with Crippen LogP contribution < -0.4 is 38.9 Å². The Bertz CT molecular complexity index is 1230. The van der Waals surface area contributed by atoms with Gasteiger partial charge in [0, 0.05) is 19.6 Å². The summed E-state index contributed by atoms with van der Waals surface area (Å²) in [5.74, 6) is -3.38. The number of carbonyl (C=O) groups is 5. The van der Waals surface area contributed by atoms with Crippen molar-refractivity contribution in [2.45, 2.75) is 69.5 Å². The third-order valence-corrected chi connectivity index (χ3v) is 7.22. The summed E-state index contributed by atoms with van der Waals surface area (Å²) in [4.78, 5) is 69.3. The van der Waals surface area contributed by atoms with Crippen LogP contribution in [0.5, 0.6) is 11.5 Å². The molecule has 2 rings (SSSR count). The fourth-order valence-corrected chi connectivity index (χ4v) is 4.91. The molecular weight excluding hydrogens is 602 g/mol. The Kier molecular flexibility index (Phi) is 16.1. The first kappa shape index (κ1) is 37.5. The van der Waals surface area contributed by atoms with Gasteiger partial charge < -0.3 is 58.7 Å². The Labute approximate surface area is 267 Å². The summed E-state index contributed by atoms with van der Waals surface area (Å²) < 4.78 is 5.06. The number of aliphatic imine (C=N–C) groups is 1. The van der Waals surface area contributed by atoms with Crippen LogP contribution in [0.15, 0.2) is 23.2 Å². The van der Waals surface area contributed by atoms with E-state index in [1.807, 2.05) is 0 Å². The molecule has 1 aromatic rings. The number of phenolic OH excluding ortho intramolecular Hbond substituents is 2. The number of ether oxygens (including phenoxy) is 1. The molecule has 0 spiro atoms. The molecule has 1 aliphatic rings. The van der Waals surface area contributed by atoms with Gasteiger partial charge in [0.1, 0.15) is 24.7 Å².